The molecule has 28 heavy (non-hydrogen) atoms. The molecule has 3 aromatic rings. The molecule has 6 nitrogen and oxygen atoms in total. The maximum atomic E-state index is 12.5. The molecule has 0 aliphatic carbocycles. The van der Waals surface area contributed by atoms with Crippen LogP contribution in [-0.4, -0.2) is 17.9 Å². The smallest absolute Gasteiger partial charge is 0.269 e. The fraction of sp³-hybridized carbons (Fsp3) is 0.0952. The fourth-order valence-corrected chi connectivity index (χ4v) is 3.48. The Balaban J connectivity index is 1.66. The van der Waals surface area contributed by atoms with Crippen LogP contribution in [0.5, 0.6) is 5.75 Å². The zero-order chi connectivity index (χ0) is 19.9. The zero-order valence-electron chi connectivity index (χ0n) is 15.1. The second kappa shape index (κ2) is 9.05. The number of carbonyl (C=O) groups is 1. The molecule has 0 aliphatic heterocycles. The summed E-state index contributed by atoms with van der Waals surface area (Å²) in [6.07, 6.45) is 0. The highest BCUT2D eigenvalue weighted by Gasteiger charge is 2.10. The van der Waals surface area contributed by atoms with Gasteiger partial charge in [0.25, 0.3) is 11.6 Å². The predicted molar refractivity (Wildman–Crippen MR) is 108 cm³/mol. The van der Waals surface area contributed by atoms with Gasteiger partial charge in [-0.25, -0.2) is 0 Å². The van der Waals surface area contributed by atoms with Crippen LogP contribution in [0.15, 0.2) is 82.6 Å². The molecular weight excluding hydrogens is 376 g/mol. The largest absolute Gasteiger partial charge is 0.496 e. The van der Waals surface area contributed by atoms with E-state index in [1.165, 1.54) is 23.9 Å². The third-order valence-electron chi connectivity index (χ3n) is 4.01. The monoisotopic (exact) mass is 394 g/mol. The lowest BCUT2D eigenvalue weighted by Crippen LogP contribution is -2.23. The Morgan fingerprint density at radius 3 is 2.50 bits per heavy atom. The third kappa shape index (κ3) is 4.89. The van der Waals surface area contributed by atoms with E-state index in [-0.39, 0.29) is 11.6 Å². The lowest BCUT2D eigenvalue weighted by Gasteiger charge is -2.10. The van der Waals surface area contributed by atoms with Crippen LogP contribution < -0.4 is 10.1 Å². The number of rotatable bonds is 7. The molecule has 0 spiro atoms. The van der Waals surface area contributed by atoms with E-state index < -0.39 is 4.92 Å². The van der Waals surface area contributed by atoms with Gasteiger partial charge < -0.3 is 10.1 Å². The van der Waals surface area contributed by atoms with Crippen LogP contribution in [-0.2, 0) is 6.54 Å². The van der Waals surface area contributed by atoms with E-state index in [1.807, 2.05) is 36.4 Å². The van der Waals surface area contributed by atoms with Crippen LogP contribution in [0.25, 0.3) is 0 Å². The Hall–Kier alpha value is -3.32. The van der Waals surface area contributed by atoms with E-state index in [0.29, 0.717) is 12.1 Å². The third-order valence-corrected chi connectivity index (χ3v) is 5.01. The number of para-hydroxylation sites is 1. The van der Waals surface area contributed by atoms with E-state index in [4.69, 9.17) is 4.74 Å². The number of amides is 1. The first-order chi connectivity index (χ1) is 13.6. The first-order valence-corrected chi connectivity index (χ1v) is 9.31. The number of nitrogens with one attached hydrogen (secondary N) is 1. The van der Waals surface area contributed by atoms with Crippen molar-refractivity contribution in [3.05, 3.63) is 94.0 Å². The van der Waals surface area contributed by atoms with Gasteiger partial charge in [-0.05, 0) is 36.4 Å². The number of nitro groups is 1. The van der Waals surface area contributed by atoms with Crippen LogP contribution >= 0.6 is 11.8 Å². The van der Waals surface area contributed by atoms with E-state index in [0.717, 1.165) is 21.1 Å². The maximum absolute atomic E-state index is 12.5. The lowest BCUT2D eigenvalue weighted by molar-refractivity contribution is -0.384. The molecule has 3 rings (SSSR count). The first-order valence-electron chi connectivity index (χ1n) is 8.49. The van der Waals surface area contributed by atoms with E-state index in [2.05, 4.69) is 5.32 Å². The van der Waals surface area contributed by atoms with E-state index in [9.17, 15) is 14.9 Å². The normalized spacial score (nSPS) is 10.3. The topological polar surface area (TPSA) is 81.5 Å². The molecule has 0 aromatic heterocycles. The maximum Gasteiger partial charge on any atom is 0.269 e. The summed E-state index contributed by atoms with van der Waals surface area (Å²) in [7, 11) is 1.60. The molecule has 3 aromatic carbocycles. The van der Waals surface area contributed by atoms with Gasteiger partial charge in [0.2, 0.25) is 0 Å². The molecule has 7 heteroatoms. The number of ether oxygens (including phenoxy) is 1. The van der Waals surface area contributed by atoms with Crippen molar-refractivity contribution in [2.45, 2.75) is 16.3 Å². The number of nitrogens with zero attached hydrogens (tertiary/aromatic N) is 1. The van der Waals surface area contributed by atoms with Gasteiger partial charge in [0.05, 0.1) is 12.0 Å². The van der Waals surface area contributed by atoms with Crippen molar-refractivity contribution in [1.82, 2.24) is 5.32 Å². The summed E-state index contributed by atoms with van der Waals surface area (Å²) in [6, 6.07) is 21.1. The highest BCUT2D eigenvalue weighted by molar-refractivity contribution is 7.99. The molecule has 0 saturated heterocycles. The van der Waals surface area contributed by atoms with Crippen molar-refractivity contribution in [1.29, 1.82) is 0 Å². The van der Waals surface area contributed by atoms with Gasteiger partial charge in [0.15, 0.2) is 0 Å². The van der Waals surface area contributed by atoms with Crippen molar-refractivity contribution in [2.75, 3.05) is 7.11 Å². The highest BCUT2D eigenvalue weighted by Crippen LogP contribution is 2.29. The molecule has 0 saturated carbocycles. The summed E-state index contributed by atoms with van der Waals surface area (Å²) in [5.74, 6) is 0.544. The number of hydrogen-bond acceptors (Lipinski definition) is 5. The summed E-state index contributed by atoms with van der Waals surface area (Å²) >= 11 is 1.44. The van der Waals surface area contributed by atoms with Crippen molar-refractivity contribution >= 4 is 23.4 Å². The number of nitro benzene ring substituents is 1. The molecule has 0 unspecified atom stereocenters. The molecule has 0 atom stereocenters. The molecule has 0 radical (unpaired) electrons. The van der Waals surface area contributed by atoms with Crippen molar-refractivity contribution in [2.24, 2.45) is 0 Å². The second-order valence-corrected chi connectivity index (χ2v) is 7.02. The van der Waals surface area contributed by atoms with Gasteiger partial charge in [0.1, 0.15) is 5.75 Å². The number of hydrogen-bond donors (Lipinski definition) is 1. The predicted octanol–water partition coefficient (Wildman–Crippen LogP) is 4.68. The number of benzene rings is 3. The number of non-ortho nitro benzene ring substituents is 1. The van der Waals surface area contributed by atoms with E-state index in [1.54, 1.807) is 31.4 Å². The minimum Gasteiger partial charge on any atom is -0.496 e. The zero-order valence-corrected chi connectivity index (χ0v) is 15.9. The van der Waals surface area contributed by atoms with E-state index >= 15 is 0 Å². The highest BCUT2D eigenvalue weighted by atomic mass is 32.2. The Morgan fingerprint density at radius 2 is 1.79 bits per heavy atom. The summed E-state index contributed by atoms with van der Waals surface area (Å²) in [5, 5.41) is 13.6. The van der Waals surface area contributed by atoms with Gasteiger partial charge in [-0.15, -0.1) is 0 Å². The average Bonchev–Trinajstić information content (AvgIpc) is 2.72. The minimum absolute atomic E-state index is 0.0498. The minimum atomic E-state index is -0.429. The number of carbonyl (C=O) groups excluding carboxylic acids is 1. The summed E-state index contributed by atoms with van der Waals surface area (Å²) in [6.45, 7) is 0.364. The summed E-state index contributed by atoms with van der Waals surface area (Å²) in [4.78, 5) is 24.5. The molecule has 0 heterocycles. The Kier molecular flexibility index (Phi) is 6.29. The fourth-order valence-electron chi connectivity index (χ4n) is 2.60. The van der Waals surface area contributed by atoms with Gasteiger partial charge in [-0.3, -0.25) is 14.9 Å². The molecule has 142 valence electrons. The van der Waals surface area contributed by atoms with Gasteiger partial charge in [-0.1, -0.05) is 36.0 Å². The van der Waals surface area contributed by atoms with Crippen molar-refractivity contribution < 1.29 is 14.5 Å². The molecule has 1 amide bonds. The Morgan fingerprint density at radius 1 is 1.04 bits per heavy atom. The second-order valence-electron chi connectivity index (χ2n) is 5.88. The van der Waals surface area contributed by atoms with Gasteiger partial charge >= 0.3 is 0 Å². The summed E-state index contributed by atoms with van der Waals surface area (Å²) < 4.78 is 5.30. The first kappa shape index (κ1) is 19.4. The Labute approximate surface area is 166 Å². The van der Waals surface area contributed by atoms with Crippen LogP contribution in [0.1, 0.15) is 15.9 Å². The molecule has 0 bridgehead atoms. The molecule has 0 fully saturated rings. The van der Waals surface area contributed by atoms with Crippen molar-refractivity contribution in [3.8, 4) is 5.75 Å². The van der Waals surface area contributed by atoms with Crippen LogP contribution in [0.4, 0.5) is 5.69 Å². The van der Waals surface area contributed by atoms with Gasteiger partial charge in [-0.2, -0.15) is 0 Å². The standard InChI is InChI=1S/C21H18N2O4S/c1-27-20-8-3-2-5-16(20)14-22-21(24)15-6-4-7-19(13-15)28-18-11-9-17(10-12-18)23(25)26/h2-13H,14H2,1H3,(H,22,24). The summed E-state index contributed by atoms with van der Waals surface area (Å²) in [5.41, 5.74) is 1.49. The van der Waals surface area contributed by atoms with Crippen LogP contribution in [0, 0.1) is 10.1 Å². The molecular formula is C21H18N2O4S. The Bertz CT molecular complexity index is 990. The molecule has 1 N–H and O–H groups in total. The SMILES string of the molecule is COc1ccccc1CNC(=O)c1cccc(Sc2ccc([N+](=O)[O-])cc2)c1. The van der Waals surface area contributed by atoms with Crippen LogP contribution in [0.3, 0.4) is 0 Å². The lowest BCUT2D eigenvalue weighted by atomic mass is 10.2. The van der Waals surface area contributed by atoms with Crippen molar-refractivity contribution in [3.63, 3.8) is 0 Å². The van der Waals surface area contributed by atoms with Crippen LogP contribution in [0.2, 0.25) is 0 Å². The quantitative estimate of drug-likeness (QED) is 0.465. The van der Waals surface area contributed by atoms with Gasteiger partial charge in [0, 0.05) is 39.6 Å². The molecule has 0 aliphatic rings. The average molecular weight is 394 g/mol. The number of methoxy groups -OCH3 is 1.